The van der Waals surface area contributed by atoms with Crippen molar-refractivity contribution in [2.45, 2.75) is 20.1 Å². The molecular weight excluding hydrogens is 290 g/mol. The number of H-pyrrole nitrogens is 1. The Balaban J connectivity index is 1.76. The predicted octanol–water partition coefficient (Wildman–Crippen LogP) is 4.40. The molecule has 0 atom stereocenters. The molecule has 0 spiro atoms. The Kier molecular flexibility index (Phi) is 3.32. The minimum Gasteiger partial charge on any atom is -0.497 e. The molecule has 1 aromatic heterocycles. The van der Waals surface area contributed by atoms with Crippen LogP contribution in [-0.4, -0.2) is 25.3 Å². The molecule has 1 aliphatic heterocycles. The lowest BCUT2D eigenvalue weighted by molar-refractivity contribution is -0.226. The van der Waals surface area contributed by atoms with Gasteiger partial charge in [-0.15, -0.1) is 0 Å². The molecule has 120 valence electrons. The van der Waals surface area contributed by atoms with Crippen LogP contribution in [-0.2, 0) is 9.47 Å². The Morgan fingerprint density at radius 2 is 1.65 bits per heavy atom. The largest absolute Gasteiger partial charge is 0.497 e. The van der Waals surface area contributed by atoms with E-state index in [0.717, 1.165) is 33.1 Å². The first kappa shape index (κ1) is 14.5. The van der Waals surface area contributed by atoms with Gasteiger partial charge in [-0.25, -0.2) is 0 Å². The van der Waals surface area contributed by atoms with Crippen molar-refractivity contribution in [1.29, 1.82) is 0 Å². The van der Waals surface area contributed by atoms with Crippen molar-refractivity contribution in [2.24, 2.45) is 5.41 Å². The Morgan fingerprint density at radius 3 is 2.35 bits per heavy atom. The van der Waals surface area contributed by atoms with E-state index in [1.54, 1.807) is 7.11 Å². The zero-order valence-corrected chi connectivity index (χ0v) is 13.7. The maximum absolute atomic E-state index is 5.90. The Morgan fingerprint density at radius 1 is 1.00 bits per heavy atom. The number of aromatic amines is 1. The van der Waals surface area contributed by atoms with Crippen molar-refractivity contribution >= 4 is 21.8 Å². The summed E-state index contributed by atoms with van der Waals surface area (Å²) in [4.78, 5) is 3.44. The molecule has 2 aromatic carbocycles. The molecule has 23 heavy (non-hydrogen) atoms. The number of nitrogens with one attached hydrogen (secondary N) is 1. The zero-order chi connectivity index (χ0) is 16.0. The molecule has 1 saturated heterocycles. The molecule has 4 nitrogen and oxygen atoms in total. The van der Waals surface area contributed by atoms with Gasteiger partial charge in [-0.05, 0) is 30.3 Å². The molecule has 0 aliphatic carbocycles. The zero-order valence-electron chi connectivity index (χ0n) is 13.7. The van der Waals surface area contributed by atoms with E-state index in [0.29, 0.717) is 13.2 Å². The highest BCUT2D eigenvalue weighted by Gasteiger charge is 2.29. The van der Waals surface area contributed by atoms with Crippen LogP contribution in [0.4, 0.5) is 0 Å². The molecule has 3 aromatic rings. The van der Waals surface area contributed by atoms with E-state index in [4.69, 9.17) is 14.2 Å². The Bertz CT molecular complexity index is 856. The van der Waals surface area contributed by atoms with Crippen molar-refractivity contribution < 1.29 is 14.2 Å². The number of fused-ring (bicyclic) bond motifs is 3. The minimum atomic E-state index is -0.289. The van der Waals surface area contributed by atoms with E-state index < -0.39 is 0 Å². The van der Waals surface area contributed by atoms with Crippen molar-refractivity contribution in [3.05, 3.63) is 42.0 Å². The van der Waals surface area contributed by atoms with E-state index >= 15 is 0 Å². The van der Waals surface area contributed by atoms with Gasteiger partial charge in [-0.1, -0.05) is 19.9 Å². The summed E-state index contributed by atoms with van der Waals surface area (Å²) in [6.07, 6.45) is -0.289. The quantitative estimate of drug-likeness (QED) is 0.763. The fraction of sp³-hybridized carbons (Fsp3) is 0.368. The van der Waals surface area contributed by atoms with E-state index in [9.17, 15) is 0 Å². The number of hydrogen-bond donors (Lipinski definition) is 1. The number of ether oxygens (including phenoxy) is 3. The van der Waals surface area contributed by atoms with Crippen molar-refractivity contribution in [2.75, 3.05) is 20.3 Å². The van der Waals surface area contributed by atoms with Crippen LogP contribution in [0, 0.1) is 5.41 Å². The molecule has 2 heterocycles. The van der Waals surface area contributed by atoms with E-state index in [-0.39, 0.29) is 11.7 Å². The van der Waals surface area contributed by atoms with E-state index in [1.807, 2.05) is 12.1 Å². The first-order chi connectivity index (χ1) is 11.1. The van der Waals surface area contributed by atoms with Crippen LogP contribution in [0.25, 0.3) is 21.8 Å². The lowest BCUT2D eigenvalue weighted by atomic mass is 9.95. The second-order valence-corrected chi connectivity index (χ2v) is 6.96. The molecule has 4 rings (SSSR count). The summed E-state index contributed by atoms with van der Waals surface area (Å²) in [5, 5.41) is 2.31. The normalized spacial score (nSPS) is 18.6. The maximum Gasteiger partial charge on any atom is 0.183 e. The van der Waals surface area contributed by atoms with Gasteiger partial charge in [-0.3, -0.25) is 0 Å². The minimum absolute atomic E-state index is 0.0781. The molecule has 1 N–H and O–H groups in total. The summed E-state index contributed by atoms with van der Waals surface area (Å²) >= 11 is 0. The van der Waals surface area contributed by atoms with Crippen molar-refractivity contribution in [3.63, 3.8) is 0 Å². The second kappa shape index (κ2) is 5.25. The molecule has 1 aliphatic rings. The molecule has 0 saturated carbocycles. The molecule has 0 bridgehead atoms. The van der Waals surface area contributed by atoms with Crippen LogP contribution in [0.5, 0.6) is 5.75 Å². The molecule has 4 heteroatoms. The summed E-state index contributed by atoms with van der Waals surface area (Å²) < 4.78 is 17.2. The fourth-order valence-corrected chi connectivity index (χ4v) is 3.05. The number of rotatable bonds is 2. The average molecular weight is 311 g/mol. The molecule has 0 unspecified atom stereocenters. The van der Waals surface area contributed by atoms with Gasteiger partial charge in [0.15, 0.2) is 6.29 Å². The van der Waals surface area contributed by atoms with Gasteiger partial charge in [0.2, 0.25) is 0 Å². The highest BCUT2D eigenvalue weighted by atomic mass is 16.7. The van der Waals surface area contributed by atoms with Gasteiger partial charge in [0.1, 0.15) is 5.75 Å². The number of methoxy groups -OCH3 is 1. The van der Waals surface area contributed by atoms with E-state index in [2.05, 4.69) is 43.1 Å². The molecular formula is C19H21NO3. The SMILES string of the molecule is COc1ccc2[nH]c3ccc(C4OCC(C)(C)CO4)cc3c2c1. The van der Waals surface area contributed by atoms with Gasteiger partial charge in [0.05, 0.1) is 20.3 Å². The summed E-state index contributed by atoms with van der Waals surface area (Å²) in [6.45, 7) is 5.71. The van der Waals surface area contributed by atoms with E-state index in [1.165, 1.54) is 0 Å². The summed E-state index contributed by atoms with van der Waals surface area (Å²) in [5.41, 5.74) is 3.34. The highest BCUT2D eigenvalue weighted by Crippen LogP contribution is 2.34. The van der Waals surface area contributed by atoms with Crippen LogP contribution in [0.3, 0.4) is 0 Å². The van der Waals surface area contributed by atoms with Crippen molar-refractivity contribution in [1.82, 2.24) is 4.98 Å². The monoisotopic (exact) mass is 311 g/mol. The van der Waals surface area contributed by atoms with Crippen LogP contribution in [0.2, 0.25) is 0 Å². The van der Waals surface area contributed by atoms with Gasteiger partial charge >= 0.3 is 0 Å². The molecule has 0 amide bonds. The number of hydrogen-bond acceptors (Lipinski definition) is 3. The summed E-state index contributed by atoms with van der Waals surface area (Å²) in [6, 6.07) is 12.4. The third-order valence-corrected chi connectivity index (χ3v) is 4.35. The average Bonchev–Trinajstić information content (AvgIpc) is 2.91. The fourth-order valence-electron chi connectivity index (χ4n) is 3.05. The summed E-state index contributed by atoms with van der Waals surface area (Å²) in [7, 11) is 1.69. The second-order valence-electron chi connectivity index (χ2n) is 6.96. The number of aromatic nitrogens is 1. The molecule has 0 radical (unpaired) electrons. The lowest BCUT2D eigenvalue weighted by Gasteiger charge is -2.34. The van der Waals surface area contributed by atoms with Gasteiger partial charge in [0, 0.05) is 32.8 Å². The standard InChI is InChI=1S/C19H21NO3/c1-19(2)10-22-18(23-11-19)12-4-6-16-14(8-12)15-9-13(21-3)5-7-17(15)20-16/h4-9,18,20H,10-11H2,1-3H3. The first-order valence-electron chi connectivity index (χ1n) is 7.88. The highest BCUT2D eigenvalue weighted by molar-refractivity contribution is 6.07. The van der Waals surface area contributed by atoms with Crippen LogP contribution in [0.1, 0.15) is 25.7 Å². The molecule has 1 fully saturated rings. The van der Waals surface area contributed by atoms with Gasteiger partial charge in [0.25, 0.3) is 0 Å². The third kappa shape index (κ3) is 2.58. The first-order valence-corrected chi connectivity index (χ1v) is 7.88. The third-order valence-electron chi connectivity index (χ3n) is 4.35. The van der Waals surface area contributed by atoms with Crippen LogP contribution >= 0.6 is 0 Å². The van der Waals surface area contributed by atoms with Crippen LogP contribution < -0.4 is 4.74 Å². The van der Waals surface area contributed by atoms with Crippen molar-refractivity contribution in [3.8, 4) is 5.75 Å². The Hall–Kier alpha value is -2.04. The lowest BCUT2D eigenvalue weighted by Crippen LogP contribution is -2.33. The number of benzene rings is 2. The maximum atomic E-state index is 5.90. The summed E-state index contributed by atoms with van der Waals surface area (Å²) in [5.74, 6) is 0.857. The van der Waals surface area contributed by atoms with Crippen LogP contribution in [0.15, 0.2) is 36.4 Å². The van der Waals surface area contributed by atoms with Gasteiger partial charge in [-0.2, -0.15) is 0 Å². The predicted molar refractivity (Wildman–Crippen MR) is 90.8 cm³/mol. The Labute approximate surface area is 135 Å². The van der Waals surface area contributed by atoms with Gasteiger partial charge < -0.3 is 19.2 Å². The smallest absolute Gasteiger partial charge is 0.183 e. The topological polar surface area (TPSA) is 43.5 Å².